The maximum Gasteiger partial charge on any atom is 0.426 e. The second-order valence-electron chi connectivity index (χ2n) is 4.80. The SMILES string of the molecule is CC(O)(C(=O)Nc1ccc(Sc2ncccn2)cc1Cl)C(F)(F)F. The number of anilines is 1. The lowest BCUT2D eigenvalue weighted by molar-refractivity contribution is -0.242. The molecule has 0 aliphatic rings. The van der Waals surface area contributed by atoms with Gasteiger partial charge in [-0.25, -0.2) is 9.97 Å². The van der Waals surface area contributed by atoms with Gasteiger partial charge in [-0.1, -0.05) is 11.6 Å². The number of halogens is 4. The molecule has 10 heteroatoms. The summed E-state index contributed by atoms with van der Waals surface area (Å²) in [6.07, 6.45) is -1.99. The Kier molecular flexibility index (Phi) is 5.36. The molecule has 1 aromatic carbocycles. The number of rotatable bonds is 4. The van der Waals surface area contributed by atoms with Gasteiger partial charge in [-0.15, -0.1) is 0 Å². The predicted octanol–water partition coefficient (Wildman–Crippen LogP) is 3.53. The zero-order valence-electron chi connectivity index (χ0n) is 12.1. The molecule has 0 saturated heterocycles. The highest BCUT2D eigenvalue weighted by molar-refractivity contribution is 7.99. The van der Waals surface area contributed by atoms with Crippen LogP contribution in [0, 0.1) is 0 Å². The van der Waals surface area contributed by atoms with Crippen LogP contribution < -0.4 is 5.32 Å². The standard InChI is InChI=1S/C14H11ClF3N3O2S/c1-13(23,14(16,17)18)11(22)21-10-4-3-8(7-9(10)15)24-12-19-5-2-6-20-12/h2-7,23H,1H3,(H,21,22). The van der Waals surface area contributed by atoms with Crippen molar-refractivity contribution < 1.29 is 23.1 Å². The number of nitrogens with one attached hydrogen (secondary N) is 1. The average molecular weight is 378 g/mol. The number of aliphatic hydroxyl groups is 1. The molecule has 1 atom stereocenters. The zero-order valence-corrected chi connectivity index (χ0v) is 13.7. The van der Waals surface area contributed by atoms with Crippen LogP contribution in [0.4, 0.5) is 18.9 Å². The summed E-state index contributed by atoms with van der Waals surface area (Å²) >= 11 is 7.16. The zero-order chi connectivity index (χ0) is 18.0. The molecule has 2 aromatic rings. The van der Waals surface area contributed by atoms with Gasteiger partial charge in [0, 0.05) is 17.3 Å². The molecule has 0 spiro atoms. The fraction of sp³-hybridized carbons (Fsp3) is 0.214. The van der Waals surface area contributed by atoms with Gasteiger partial charge in [0.1, 0.15) is 0 Å². The van der Waals surface area contributed by atoms with Gasteiger partial charge in [0.05, 0.1) is 10.7 Å². The normalized spacial score (nSPS) is 14.1. The minimum absolute atomic E-state index is 0.0160. The molecular formula is C14H11ClF3N3O2S. The van der Waals surface area contributed by atoms with Crippen molar-refractivity contribution in [1.82, 2.24) is 9.97 Å². The molecule has 2 N–H and O–H groups in total. The van der Waals surface area contributed by atoms with Crippen molar-refractivity contribution in [2.24, 2.45) is 0 Å². The number of alkyl halides is 3. The van der Waals surface area contributed by atoms with E-state index in [9.17, 15) is 23.1 Å². The molecule has 128 valence electrons. The monoisotopic (exact) mass is 377 g/mol. The maximum atomic E-state index is 12.6. The van der Waals surface area contributed by atoms with E-state index in [1.54, 1.807) is 18.5 Å². The van der Waals surface area contributed by atoms with Crippen molar-refractivity contribution in [2.75, 3.05) is 5.32 Å². The number of aromatic nitrogens is 2. The largest absolute Gasteiger partial charge is 0.426 e. The van der Waals surface area contributed by atoms with Crippen molar-refractivity contribution in [3.05, 3.63) is 41.7 Å². The molecule has 0 aliphatic carbocycles. The fourth-order valence-electron chi connectivity index (χ4n) is 1.48. The predicted molar refractivity (Wildman–Crippen MR) is 82.9 cm³/mol. The minimum atomic E-state index is -5.11. The van der Waals surface area contributed by atoms with Gasteiger partial charge in [0.25, 0.3) is 5.91 Å². The smallest absolute Gasteiger partial charge is 0.373 e. The Balaban J connectivity index is 2.14. The number of carbonyl (C=O) groups excluding carboxylic acids is 1. The summed E-state index contributed by atoms with van der Waals surface area (Å²) < 4.78 is 37.9. The lowest BCUT2D eigenvalue weighted by Crippen LogP contribution is -2.52. The van der Waals surface area contributed by atoms with Crippen molar-refractivity contribution in [3.8, 4) is 0 Å². The molecule has 0 fully saturated rings. The van der Waals surface area contributed by atoms with Crippen LogP contribution in [0.1, 0.15) is 6.92 Å². The third-order valence-electron chi connectivity index (χ3n) is 2.93. The average Bonchev–Trinajstić information content (AvgIpc) is 2.49. The molecule has 1 amide bonds. The first kappa shape index (κ1) is 18.5. The van der Waals surface area contributed by atoms with Crippen molar-refractivity contribution in [2.45, 2.75) is 28.8 Å². The molecule has 2 rings (SSSR count). The van der Waals surface area contributed by atoms with E-state index >= 15 is 0 Å². The van der Waals surface area contributed by atoms with Crippen molar-refractivity contribution in [3.63, 3.8) is 0 Å². The number of nitrogens with zero attached hydrogens (tertiary/aromatic N) is 2. The molecule has 1 heterocycles. The third-order valence-corrected chi connectivity index (χ3v) is 4.13. The van der Waals surface area contributed by atoms with E-state index in [1.165, 1.54) is 30.0 Å². The van der Waals surface area contributed by atoms with Crippen molar-refractivity contribution >= 4 is 35.0 Å². The van der Waals surface area contributed by atoms with Crippen LogP contribution >= 0.6 is 23.4 Å². The van der Waals surface area contributed by atoms with E-state index in [1.807, 2.05) is 5.32 Å². The highest BCUT2D eigenvalue weighted by Gasteiger charge is 2.55. The van der Waals surface area contributed by atoms with E-state index < -0.39 is 17.7 Å². The van der Waals surface area contributed by atoms with Crippen molar-refractivity contribution in [1.29, 1.82) is 0 Å². The molecule has 0 aliphatic heterocycles. The Hall–Kier alpha value is -1.84. The van der Waals surface area contributed by atoms with E-state index in [2.05, 4.69) is 9.97 Å². The first-order valence-corrected chi connectivity index (χ1v) is 7.65. The summed E-state index contributed by atoms with van der Waals surface area (Å²) in [6, 6.07) is 5.96. The third kappa shape index (κ3) is 4.16. The highest BCUT2D eigenvalue weighted by atomic mass is 35.5. The van der Waals surface area contributed by atoms with Gasteiger partial charge in [0.2, 0.25) is 5.60 Å². The van der Waals surface area contributed by atoms with Crippen LogP contribution in [0.2, 0.25) is 5.02 Å². The lowest BCUT2D eigenvalue weighted by atomic mass is 10.1. The summed E-state index contributed by atoms with van der Waals surface area (Å²) in [7, 11) is 0. The molecule has 0 saturated carbocycles. The first-order chi connectivity index (χ1) is 11.1. The number of carbonyl (C=O) groups is 1. The first-order valence-electron chi connectivity index (χ1n) is 6.46. The number of benzene rings is 1. The van der Waals surface area contributed by atoms with Gasteiger partial charge in [-0.05, 0) is 43.0 Å². The Morgan fingerprint density at radius 2 is 1.92 bits per heavy atom. The molecule has 0 radical (unpaired) electrons. The molecular weight excluding hydrogens is 367 g/mol. The second-order valence-corrected chi connectivity index (χ2v) is 6.25. The van der Waals surface area contributed by atoms with Gasteiger partial charge in [0.15, 0.2) is 5.16 Å². The summed E-state index contributed by atoms with van der Waals surface area (Å²) in [5.41, 5.74) is -3.58. The topological polar surface area (TPSA) is 75.1 Å². The lowest BCUT2D eigenvalue weighted by Gasteiger charge is -2.25. The summed E-state index contributed by atoms with van der Waals surface area (Å²) in [4.78, 5) is 20.3. The Morgan fingerprint density at radius 3 is 2.46 bits per heavy atom. The van der Waals surface area contributed by atoms with Crippen LogP contribution in [0.25, 0.3) is 0 Å². The van der Waals surface area contributed by atoms with Gasteiger partial charge in [-0.3, -0.25) is 4.79 Å². The summed E-state index contributed by atoms with van der Waals surface area (Å²) in [6.45, 7) is 0.368. The second kappa shape index (κ2) is 6.96. The minimum Gasteiger partial charge on any atom is -0.373 e. The Labute approximate surface area is 144 Å². The van der Waals surface area contributed by atoms with Crippen LogP contribution in [0.5, 0.6) is 0 Å². The van der Waals surface area contributed by atoms with Crippen LogP contribution in [-0.2, 0) is 4.79 Å². The Bertz CT molecular complexity index is 742. The highest BCUT2D eigenvalue weighted by Crippen LogP contribution is 2.34. The maximum absolute atomic E-state index is 12.6. The Morgan fingerprint density at radius 1 is 1.29 bits per heavy atom. The summed E-state index contributed by atoms with van der Waals surface area (Å²) in [5, 5.41) is 11.8. The molecule has 24 heavy (non-hydrogen) atoms. The molecule has 5 nitrogen and oxygen atoms in total. The number of hydrogen-bond donors (Lipinski definition) is 2. The molecule has 1 unspecified atom stereocenters. The summed E-state index contributed by atoms with van der Waals surface area (Å²) in [5.74, 6) is -1.62. The quantitative estimate of drug-likeness (QED) is 0.797. The van der Waals surface area contributed by atoms with E-state index in [-0.39, 0.29) is 10.7 Å². The van der Waals surface area contributed by atoms with Crippen LogP contribution in [0.3, 0.4) is 0 Å². The fourth-order valence-corrected chi connectivity index (χ4v) is 2.52. The van der Waals surface area contributed by atoms with Gasteiger partial charge in [-0.2, -0.15) is 13.2 Å². The molecule has 0 bridgehead atoms. The number of amides is 1. The van der Waals surface area contributed by atoms with Gasteiger partial charge >= 0.3 is 6.18 Å². The van der Waals surface area contributed by atoms with Crippen LogP contribution in [-0.4, -0.2) is 32.8 Å². The van der Waals surface area contributed by atoms with E-state index in [0.29, 0.717) is 17.0 Å². The van der Waals surface area contributed by atoms with Gasteiger partial charge < -0.3 is 10.4 Å². The van der Waals surface area contributed by atoms with E-state index in [4.69, 9.17) is 11.6 Å². The molecule has 1 aromatic heterocycles. The van der Waals surface area contributed by atoms with Crippen LogP contribution in [0.15, 0.2) is 46.7 Å². The van der Waals surface area contributed by atoms with E-state index in [0.717, 1.165) is 0 Å². The number of hydrogen-bond acceptors (Lipinski definition) is 5.